The Bertz CT molecular complexity index is 626. The molecule has 1 saturated heterocycles. The molecule has 2 aromatic heterocycles. The molecule has 0 atom stereocenters. The fourth-order valence-corrected chi connectivity index (χ4v) is 2.09. The maximum atomic E-state index is 10.8. The number of carbonyl (C=O) groups is 1. The lowest BCUT2D eigenvalue weighted by Crippen LogP contribution is -2.51. The van der Waals surface area contributed by atoms with E-state index >= 15 is 0 Å². The number of hydrogen-bond donors (Lipinski definition) is 0. The zero-order valence-corrected chi connectivity index (χ0v) is 11.1. The lowest BCUT2D eigenvalue weighted by Gasteiger charge is -2.35. The van der Waals surface area contributed by atoms with E-state index in [1.165, 1.54) is 6.20 Å². The van der Waals surface area contributed by atoms with Crippen LogP contribution in [-0.2, 0) is 0 Å². The maximum absolute atomic E-state index is 10.8. The average molecular weight is 270 g/mol. The van der Waals surface area contributed by atoms with Crippen LogP contribution >= 0.6 is 0 Å². The van der Waals surface area contributed by atoms with E-state index < -0.39 is 0 Å². The number of hydrogen-bond acceptors (Lipinski definition) is 6. The van der Waals surface area contributed by atoms with Gasteiger partial charge in [-0.05, 0) is 13.1 Å². The van der Waals surface area contributed by atoms with E-state index in [9.17, 15) is 4.79 Å². The standard InChI is InChI=1S/C14H14N4O2/c1-18-7-12(8-18)20-14-6-16-5-13(17-14)11-2-10(9-19)3-15-4-11/h2-6,9,12H,7-8H2,1H3. The van der Waals surface area contributed by atoms with Crippen LogP contribution in [0.25, 0.3) is 11.3 Å². The Morgan fingerprint density at radius 1 is 1.25 bits per heavy atom. The summed E-state index contributed by atoms with van der Waals surface area (Å²) in [7, 11) is 2.04. The van der Waals surface area contributed by atoms with E-state index in [-0.39, 0.29) is 6.10 Å². The molecule has 3 heterocycles. The first-order valence-electron chi connectivity index (χ1n) is 6.32. The summed E-state index contributed by atoms with van der Waals surface area (Å²) in [5, 5.41) is 0. The van der Waals surface area contributed by atoms with Crippen LogP contribution in [-0.4, -0.2) is 52.4 Å². The van der Waals surface area contributed by atoms with Gasteiger partial charge in [-0.1, -0.05) is 0 Å². The van der Waals surface area contributed by atoms with Crippen LogP contribution in [0.15, 0.2) is 30.9 Å². The number of ether oxygens (including phenoxy) is 1. The van der Waals surface area contributed by atoms with Crippen LogP contribution in [0.2, 0.25) is 0 Å². The van der Waals surface area contributed by atoms with Crippen LogP contribution in [0, 0.1) is 0 Å². The van der Waals surface area contributed by atoms with Gasteiger partial charge in [0.15, 0.2) is 6.29 Å². The molecule has 0 aromatic carbocycles. The molecule has 20 heavy (non-hydrogen) atoms. The summed E-state index contributed by atoms with van der Waals surface area (Å²) in [6.07, 6.45) is 7.31. The summed E-state index contributed by atoms with van der Waals surface area (Å²) in [5.41, 5.74) is 1.90. The zero-order valence-electron chi connectivity index (χ0n) is 11.1. The molecule has 0 spiro atoms. The Labute approximate surface area is 116 Å². The molecule has 2 aromatic rings. The van der Waals surface area contributed by atoms with Crippen molar-refractivity contribution in [3.8, 4) is 17.1 Å². The van der Waals surface area contributed by atoms with Crippen molar-refractivity contribution >= 4 is 6.29 Å². The van der Waals surface area contributed by atoms with Crippen molar-refractivity contribution in [2.45, 2.75) is 6.10 Å². The Morgan fingerprint density at radius 2 is 2.05 bits per heavy atom. The SMILES string of the molecule is CN1CC(Oc2cncc(-c3cncc(C=O)c3)n2)C1. The fraction of sp³-hybridized carbons (Fsp3) is 0.286. The van der Waals surface area contributed by atoms with Crippen LogP contribution in [0.3, 0.4) is 0 Å². The number of likely N-dealkylation sites (tertiary alicyclic amines) is 1. The highest BCUT2D eigenvalue weighted by molar-refractivity contribution is 5.77. The lowest BCUT2D eigenvalue weighted by atomic mass is 10.2. The van der Waals surface area contributed by atoms with E-state index in [1.54, 1.807) is 24.7 Å². The average Bonchev–Trinajstić information content (AvgIpc) is 2.46. The minimum absolute atomic E-state index is 0.170. The van der Waals surface area contributed by atoms with Crippen molar-refractivity contribution in [1.29, 1.82) is 0 Å². The van der Waals surface area contributed by atoms with E-state index in [1.807, 2.05) is 7.05 Å². The third-order valence-electron chi connectivity index (χ3n) is 3.12. The first-order valence-corrected chi connectivity index (χ1v) is 6.32. The number of aldehydes is 1. The van der Waals surface area contributed by atoms with Gasteiger partial charge in [-0.2, -0.15) is 0 Å². The highest BCUT2D eigenvalue weighted by atomic mass is 16.5. The third kappa shape index (κ3) is 2.65. The van der Waals surface area contributed by atoms with Gasteiger partial charge in [-0.15, -0.1) is 0 Å². The topological polar surface area (TPSA) is 68.2 Å². The van der Waals surface area contributed by atoms with Crippen molar-refractivity contribution < 1.29 is 9.53 Å². The van der Waals surface area contributed by atoms with E-state index in [0.717, 1.165) is 24.9 Å². The number of pyridine rings is 1. The maximum Gasteiger partial charge on any atom is 0.233 e. The second-order valence-electron chi connectivity index (χ2n) is 4.83. The van der Waals surface area contributed by atoms with Crippen molar-refractivity contribution in [3.63, 3.8) is 0 Å². The Hall–Kier alpha value is -2.34. The van der Waals surface area contributed by atoms with Crippen LogP contribution in [0.5, 0.6) is 5.88 Å². The quantitative estimate of drug-likeness (QED) is 0.773. The Balaban J connectivity index is 1.81. The molecule has 102 valence electrons. The molecule has 6 nitrogen and oxygen atoms in total. The van der Waals surface area contributed by atoms with Crippen molar-refractivity contribution in [1.82, 2.24) is 19.9 Å². The van der Waals surface area contributed by atoms with E-state index in [0.29, 0.717) is 17.1 Å². The molecule has 1 aliphatic rings. The van der Waals surface area contributed by atoms with Gasteiger partial charge in [-0.25, -0.2) is 4.98 Å². The van der Waals surface area contributed by atoms with Gasteiger partial charge < -0.3 is 4.74 Å². The number of nitrogens with zero attached hydrogens (tertiary/aromatic N) is 4. The summed E-state index contributed by atoms with van der Waals surface area (Å²) in [5.74, 6) is 0.497. The predicted octanol–water partition coefficient (Wildman–Crippen LogP) is 1.04. The van der Waals surface area contributed by atoms with Gasteiger partial charge in [-0.3, -0.25) is 19.7 Å². The van der Waals surface area contributed by atoms with Gasteiger partial charge in [0.25, 0.3) is 0 Å². The van der Waals surface area contributed by atoms with Gasteiger partial charge in [0, 0.05) is 36.6 Å². The molecular weight excluding hydrogens is 256 g/mol. The smallest absolute Gasteiger partial charge is 0.233 e. The van der Waals surface area contributed by atoms with Crippen LogP contribution in [0.4, 0.5) is 0 Å². The first kappa shape index (κ1) is 12.7. The highest BCUT2D eigenvalue weighted by Gasteiger charge is 2.25. The summed E-state index contributed by atoms with van der Waals surface area (Å²) in [4.78, 5) is 25.5. The molecule has 0 aliphatic carbocycles. The molecule has 0 radical (unpaired) electrons. The largest absolute Gasteiger partial charge is 0.471 e. The molecule has 0 N–H and O–H groups in total. The van der Waals surface area contributed by atoms with Gasteiger partial charge >= 0.3 is 0 Å². The summed E-state index contributed by atoms with van der Waals surface area (Å²) in [6.45, 7) is 1.79. The van der Waals surface area contributed by atoms with E-state index in [4.69, 9.17) is 4.74 Å². The van der Waals surface area contributed by atoms with Crippen molar-refractivity contribution in [3.05, 3.63) is 36.4 Å². The van der Waals surface area contributed by atoms with Gasteiger partial charge in [0.05, 0.1) is 18.1 Å². The number of carbonyl (C=O) groups excluding carboxylic acids is 1. The van der Waals surface area contributed by atoms with Crippen LogP contribution in [0.1, 0.15) is 10.4 Å². The molecule has 0 amide bonds. The number of aromatic nitrogens is 3. The van der Waals surface area contributed by atoms with Crippen molar-refractivity contribution in [2.75, 3.05) is 20.1 Å². The van der Waals surface area contributed by atoms with Gasteiger partial charge in [0.2, 0.25) is 5.88 Å². The molecule has 0 saturated carbocycles. The molecule has 0 unspecified atom stereocenters. The first-order chi connectivity index (χ1) is 9.74. The molecule has 0 bridgehead atoms. The highest BCUT2D eigenvalue weighted by Crippen LogP contribution is 2.20. The third-order valence-corrected chi connectivity index (χ3v) is 3.12. The van der Waals surface area contributed by atoms with Gasteiger partial charge in [0.1, 0.15) is 6.10 Å². The summed E-state index contributed by atoms with van der Waals surface area (Å²) >= 11 is 0. The monoisotopic (exact) mass is 270 g/mol. The number of likely N-dealkylation sites (N-methyl/N-ethyl adjacent to an activating group) is 1. The molecular formula is C14H14N4O2. The molecule has 1 fully saturated rings. The summed E-state index contributed by atoms with van der Waals surface area (Å²) < 4.78 is 5.73. The minimum Gasteiger partial charge on any atom is -0.471 e. The summed E-state index contributed by atoms with van der Waals surface area (Å²) in [6, 6.07) is 1.73. The Morgan fingerprint density at radius 3 is 2.80 bits per heavy atom. The van der Waals surface area contributed by atoms with Crippen LogP contribution < -0.4 is 4.74 Å². The molecule has 3 rings (SSSR count). The second kappa shape index (κ2) is 5.34. The zero-order chi connectivity index (χ0) is 13.9. The normalized spacial score (nSPS) is 15.7. The van der Waals surface area contributed by atoms with E-state index in [2.05, 4.69) is 19.9 Å². The Kier molecular flexibility index (Phi) is 3.39. The lowest BCUT2D eigenvalue weighted by molar-refractivity contribution is 0.0354. The number of rotatable bonds is 4. The second-order valence-corrected chi connectivity index (χ2v) is 4.83. The minimum atomic E-state index is 0.170. The fourth-order valence-electron chi connectivity index (χ4n) is 2.09. The molecule has 1 aliphatic heterocycles. The molecule has 6 heteroatoms. The van der Waals surface area contributed by atoms with Crippen molar-refractivity contribution in [2.24, 2.45) is 0 Å². The predicted molar refractivity (Wildman–Crippen MR) is 72.6 cm³/mol.